The standard InChI is InChI=1S/C15H23NO6S/c1-14(2)10-6-7-15(14,13(20)12(10)19)9-23(21,22)16-8-4-3-5-11(17)18/h10,16H,3-9H2,1-2H3,(H,17,18). The zero-order valence-electron chi connectivity index (χ0n) is 13.4. The number of unbranched alkanes of at least 4 members (excludes halogenated alkanes) is 1. The molecule has 8 heteroatoms. The minimum Gasteiger partial charge on any atom is -0.481 e. The molecule has 0 spiro atoms. The third kappa shape index (κ3) is 3.06. The van der Waals surface area contributed by atoms with Crippen LogP contribution in [0.5, 0.6) is 0 Å². The van der Waals surface area contributed by atoms with Crippen LogP contribution in [-0.4, -0.2) is 43.4 Å². The van der Waals surface area contributed by atoms with Crippen molar-refractivity contribution in [3.63, 3.8) is 0 Å². The largest absolute Gasteiger partial charge is 0.481 e. The van der Waals surface area contributed by atoms with Gasteiger partial charge in [-0.2, -0.15) is 0 Å². The first kappa shape index (κ1) is 18.1. The van der Waals surface area contributed by atoms with Gasteiger partial charge in [-0.25, -0.2) is 13.1 Å². The maximum absolute atomic E-state index is 12.3. The van der Waals surface area contributed by atoms with Gasteiger partial charge in [-0.3, -0.25) is 14.4 Å². The van der Waals surface area contributed by atoms with E-state index in [1.807, 2.05) is 0 Å². The summed E-state index contributed by atoms with van der Waals surface area (Å²) in [6.07, 6.45) is 1.78. The van der Waals surface area contributed by atoms with Crippen molar-refractivity contribution in [3.05, 3.63) is 0 Å². The van der Waals surface area contributed by atoms with Crippen molar-refractivity contribution in [1.82, 2.24) is 4.72 Å². The molecule has 7 nitrogen and oxygen atoms in total. The summed E-state index contributed by atoms with van der Waals surface area (Å²) in [7, 11) is -3.71. The molecule has 0 aromatic rings. The minimum atomic E-state index is -3.71. The fraction of sp³-hybridized carbons (Fsp3) is 0.800. The maximum Gasteiger partial charge on any atom is 0.303 e. The highest BCUT2D eigenvalue weighted by Crippen LogP contribution is 2.62. The number of rotatable bonds is 8. The van der Waals surface area contributed by atoms with Crippen molar-refractivity contribution in [2.45, 2.75) is 46.0 Å². The van der Waals surface area contributed by atoms with Crippen molar-refractivity contribution >= 4 is 27.6 Å². The predicted octanol–water partition coefficient (Wildman–Crippen LogP) is 0.735. The van der Waals surface area contributed by atoms with E-state index in [4.69, 9.17) is 5.11 Å². The summed E-state index contributed by atoms with van der Waals surface area (Å²) in [6.45, 7) is 3.74. The van der Waals surface area contributed by atoms with Gasteiger partial charge in [0.2, 0.25) is 21.6 Å². The number of hydrogen-bond acceptors (Lipinski definition) is 5. The Morgan fingerprint density at radius 2 is 1.96 bits per heavy atom. The summed E-state index contributed by atoms with van der Waals surface area (Å²) in [5, 5.41) is 8.54. The van der Waals surface area contributed by atoms with E-state index in [-0.39, 0.29) is 24.6 Å². The van der Waals surface area contributed by atoms with Gasteiger partial charge < -0.3 is 5.11 Å². The second-order valence-corrected chi connectivity index (χ2v) is 8.90. The van der Waals surface area contributed by atoms with E-state index in [2.05, 4.69) is 4.72 Å². The van der Waals surface area contributed by atoms with E-state index in [9.17, 15) is 22.8 Å². The van der Waals surface area contributed by atoms with Gasteiger partial charge in [0, 0.05) is 18.9 Å². The topological polar surface area (TPSA) is 118 Å². The lowest BCUT2D eigenvalue weighted by Gasteiger charge is -2.35. The number of ketones is 2. The van der Waals surface area contributed by atoms with Gasteiger partial charge in [-0.15, -0.1) is 0 Å². The number of carboxylic acid groups (broad SMARTS) is 1. The summed E-state index contributed by atoms with van der Waals surface area (Å²) >= 11 is 0. The Bertz CT molecular complexity index is 638. The van der Waals surface area contributed by atoms with Crippen molar-refractivity contribution in [2.75, 3.05) is 12.3 Å². The van der Waals surface area contributed by atoms with Crippen LogP contribution in [0.4, 0.5) is 0 Å². The zero-order chi connectivity index (χ0) is 17.5. The first-order valence-corrected chi connectivity index (χ1v) is 9.46. The van der Waals surface area contributed by atoms with Crippen molar-refractivity contribution in [1.29, 1.82) is 0 Å². The molecular formula is C15H23NO6S. The number of carboxylic acids is 1. The summed E-state index contributed by atoms with van der Waals surface area (Å²) < 4.78 is 27.1. The van der Waals surface area contributed by atoms with Gasteiger partial charge >= 0.3 is 5.97 Å². The molecule has 2 aliphatic carbocycles. The fourth-order valence-corrected chi connectivity index (χ4v) is 5.85. The second kappa shape index (κ2) is 5.98. The summed E-state index contributed by atoms with van der Waals surface area (Å²) in [4.78, 5) is 34.7. The number of Topliss-reactive ketones (excluding diaryl/α,β-unsaturated/α-hetero) is 2. The van der Waals surface area contributed by atoms with Gasteiger partial charge in [0.05, 0.1) is 11.2 Å². The number of aliphatic carboxylic acids is 1. The van der Waals surface area contributed by atoms with Gasteiger partial charge in [0.25, 0.3) is 0 Å². The van der Waals surface area contributed by atoms with Crippen molar-refractivity contribution in [3.8, 4) is 0 Å². The molecule has 2 unspecified atom stereocenters. The Balaban J connectivity index is 2.01. The van der Waals surface area contributed by atoms with Gasteiger partial charge in [0.1, 0.15) is 0 Å². The highest BCUT2D eigenvalue weighted by molar-refractivity contribution is 7.89. The molecule has 0 aromatic heterocycles. The second-order valence-electron chi connectivity index (χ2n) is 7.09. The molecule has 2 N–H and O–H groups in total. The molecule has 2 atom stereocenters. The predicted molar refractivity (Wildman–Crippen MR) is 82.2 cm³/mol. The Kier molecular flexibility index (Phi) is 4.69. The van der Waals surface area contributed by atoms with Gasteiger partial charge in [-0.05, 0) is 31.1 Å². The van der Waals surface area contributed by atoms with Crippen LogP contribution in [0, 0.1) is 16.7 Å². The van der Waals surface area contributed by atoms with E-state index in [1.165, 1.54) is 0 Å². The van der Waals surface area contributed by atoms with Crippen LogP contribution >= 0.6 is 0 Å². The van der Waals surface area contributed by atoms with Crippen molar-refractivity contribution in [2.24, 2.45) is 16.7 Å². The number of nitrogens with one attached hydrogen (secondary N) is 1. The van der Waals surface area contributed by atoms with Gasteiger partial charge in [-0.1, -0.05) is 13.8 Å². The lowest BCUT2D eigenvalue weighted by molar-refractivity contribution is -0.141. The fourth-order valence-electron chi connectivity index (χ4n) is 3.99. The molecule has 2 saturated carbocycles. The number of carbonyl (C=O) groups is 3. The molecule has 2 rings (SSSR count). The molecule has 0 heterocycles. The average Bonchev–Trinajstić information content (AvgIpc) is 2.73. The molecule has 130 valence electrons. The van der Waals surface area contributed by atoms with Crippen LogP contribution in [0.15, 0.2) is 0 Å². The molecule has 0 amide bonds. The van der Waals surface area contributed by atoms with Crippen LogP contribution < -0.4 is 4.72 Å². The molecule has 2 fully saturated rings. The normalized spacial score (nSPS) is 29.2. The van der Waals surface area contributed by atoms with E-state index in [0.717, 1.165) is 0 Å². The monoisotopic (exact) mass is 345 g/mol. The van der Waals surface area contributed by atoms with Crippen LogP contribution in [0.2, 0.25) is 0 Å². The highest BCUT2D eigenvalue weighted by atomic mass is 32.2. The minimum absolute atomic E-state index is 0.00658. The van der Waals surface area contributed by atoms with Crippen LogP contribution in [0.1, 0.15) is 46.0 Å². The van der Waals surface area contributed by atoms with E-state index in [0.29, 0.717) is 25.7 Å². The molecule has 0 radical (unpaired) electrons. The van der Waals surface area contributed by atoms with E-state index in [1.54, 1.807) is 13.8 Å². The number of hydrogen-bond donors (Lipinski definition) is 2. The Morgan fingerprint density at radius 3 is 2.48 bits per heavy atom. The zero-order valence-corrected chi connectivity index (χ0v) is 14.2. The summed E-state index contributed by atoms with van der Waals surface area (Å²) in [5.74, 6) is -2.64. The molecule has 2 aliphatic rings. The van der Waals surface area contributed by atoms with E-state index < -0.39 is 38.4 Å². The first-order valence-electron chi connectivity index (χ1n) is 7.81. The first-order chi connectivity index (χ1) is 10.5. The Morgan fingerprint density at radius 1 is 1.30 bits per heavy atom. The summed E-state index contributed by atoms with van der Waals surface area (Å²) in [5.41, 5.74) is -1.76. The van der Waals surface area contributed by atoms with Gasteiger partial charge in [0.15, 0.2) is 0 Å². The SMILES string of the molecule is CC1(C)C2CCC1(CS(=O)(=O)NCCCCC(=O)O)C(=O)C2=O. The molecule has 23 heavy (non-hydrogen) atoms. The molecule has 0 saturated heterocycles. The third-order valence-electron chi connectivity index (χ3n) is 5.52. The average molecular weight is 345 g/mol. The van der Waals surface area contributed by atoms with Crippen LogP contribution in [0.3, 0.4) is 0 Å². The Labute approximate surface area is 135 Å². The van der Waals surface area contributed by atoms with E-state index >= 15 is 0 Å². The molecule has 0 aliphatic heterocycles. The molecule has 0 aromatic carbocycles. The quantitative estimate of drug-likeness (QED) is 0.495. The summed E-state index contributed by atoms with van der Waals surface area (Å²) in [6, 6.07) is 0. The molecule has 2 bridgehead atoms. The number of sulfonamides is 1. The smallest absolute Gasteiger partial charge is 0.303 e. The number of fused-ring (bicyclic) bond motifs is 2. The number of carbonyl (C=O) groups excluding carboxylic acids is 2. The lowest BCUT2D eigenvalue weighted by Crippen LogP contribution is -2.46. The molecular weight excluding hydrogens is 322 g/mol. The third-order valence-corrected chi connectivity index (χ3v) is 7.03. The highest BCUT2D eigenvalue weighted by Gasteiger charge is 2.69. The lowest BCUT2D eigenvalue weighted by atomic mass is 9.70. The van der Waals surface area contributed by atoms with Crippen LogP contribution in [0.25, 0.3) is 0 Å². The van der Waals surface area contributed by atoms with Crippen molar-refractivity contribution < 1.29 is 27.9 Å². The maximum atomic E-state index is 12.3. The Hall–Kier alpha value is -1.28. The van der Waals surface area contributed by atoms with Crippen LogP contribution in [-0.2, 0) is 24.4 Å².